The maximum Gasteiger partial charge on any atom is 0.224 e. The van der Waals surface area contributed by atoms with Crippen molar-refractivity contribution >= 4 is 24.2 Å². The summed E-state index contributed by atoms with van der Waals surface area (Å²) in [4.78, 5) is 24.6. The molecule has 0 heterocycles. The molecule has 1 aromatic rings. The van der Waals surface area contributed by atoms with Gasteiger partial charge in [-0.2, -0.15) is 0 Å². The first-order chi connectivity index (χ1) is 18.6. The van der Waals surface area contributed by atoms with Crippen molar-refractivity contribution in [2.45, 2.75) is 99.1 Å². The van der Waals surface area contributed by atoms with Crippen LogP contribution in [0.2, 0.25) is 0 Å². The molecule has 1 rings (SSSR count). The Morgan fingerprint density at radius 3 is 2.17 bits per heavy atom. The largest absolute Gasteiger partial charge is 0.493 e. The van der Waals surface area contributed by atoms with Crippen molar-refractivity contribution in [2.75, 3.05) is 26.9 Å². The van der Waals surface area contributed by atoms with E-state index in [1.807, 2.05) is 13.8 Å². The molecule has 0 spiro atoms. The Morgan fingerprint density at radius 2 is 1.66 bits per heavy atom. The second-order valence-corrected chi connectivity index (χ2v) is 12.9. The van der Waals surface area contributed by atoms with Crippen LogP contribution in [0.15, 0.2) is 18.2 Å². The van der Waals surface area contributed by atoms with E-state index in [9.17, 15) is 14.7 Å². The molecule has 0 unspecified atom stereocenters. The zero-order valence-electron chi connectivity index (χ0n) is 26.9. The lowest BCUT2D eigenvalue weighted by atomic mass is 9.80. The van der Waals surface area contributed by atoms with Crippen LogP contribution in [0.5, 0.6) is 5.75 Å². The van der Waals surface area contributed by atoms with Gasteiger partial charge >= 0.3 is 0 Å². The van der Waals surface area contributed by atoms with Gasteiger partial charge in [0.2, 0.25) is 11.8 Å². The highest BCUT2D eigenvalue weighted by Crippen LogP contribution is 2.31. The first-order valence-corrected chi connectivity index (χ1v) is 14.9. The molecule has 8 nitrogen and oxygen atoms in total. The van der Waals surface area contributed by atoms with Gasteiger partial charge < -0.3 is 31.4 Å². The molecule has 0 radical (unpaired) electrons. The molecule has 0 saturated heterocycles. The van der Waals surface area contributed by atoms with Crippen LogP contribution in [-0.4, -0.2) is 55.9 Å². The quantitative estimate of drug-likeness (QED) is 0.168. The standard InChI is InChI=1S/C32H57N3O5.ClH/c1-20(2)24(15-23-11-12-25(21(3)4)29(16-23)40-14-10-13-39-9)17-27(33)28(36)18-26(22(5)6)30(37)35-19-32(7,8)31(34)38;/h11-12,16,20-22,24,26-28,36H,10,13-15,17-19,33H2,1-9H3,(H2,34,38)(H,35,37);1H/t24-,26-,27-,28-;/m0./s1. The first kappa shape index (κ1) is 39.1. The van der Waals surface area contributed by atoms with Gasteiger partial charge in [-0.05, 0) is 74.0 Å². The number of rotatable bonds is 19. The Labute approximate surface area is 255 Å². The van der Waals surface area contributed by atoms with Crippen LogP contribution in [-0.2, 0) is 20.7 Å². The van der Waals surface area contributed by atoms with Crippen LogP contribution in [0, 0.1) is 29.1 Å². The number of hydrogen-bond donors (Lipinski definition) is 4. The molecule has 41 heavy (non-hydrogen) atoms. The Kier molecular flexibility index (Phi) is 17.8. The maximum absolute atomic E-state index is 13.0. The number of aliphatic hydroxyl groups is 1. The number of primary amides is 1. The number of nitrogens with one attached hydrogen (secondary N) is 1. The van der Waals surface area contributed by atoms with Gasteiger partial charge in [0.1, 0.15) is 5.75 Å². The summed E-state index contributed by atoms with van der Waals surface area (Å²) >= 11 is 0. The number of carbonyl (C=O) groups excluding carboxylic acids is 2. The third-order valence-corrected chi connectivity index (χ3v) is 7.97. The average molecular weight is 600 g/mol. The lowest BCUT2D eigenvalue weighted by molar-refractivity contribution is -0.130. The SMILES string of the molecule is COCCCOc1cc(C[C@@H](C[C@H](N)[C@@H](O)C[C@H](C(=O)NCC(C)(C)C(N)=O)C(C)C)C(C)C)ccc1C(C)C.Cl. The minimum atomic E-state index is -0.848. The molecule has 9 heteroatoms. The summed E-state index contributed by atoms with van der Waals surface area (Å²) in [6.07, 6.45) is 1.72. The Morgan fingerprint density at radius 1 is 1.02 bits per heavy atom. The number of nitrogens with two attached hydrogens (primary N) is 2. The maximum atomic E-state index is 13.0. The number of carbonyl (C=O) groups is 2. The van der Waals surface area contributed by atoms with Gasteiger partial charge in [-0.3, -0.25) is 9.59 Å². The van der Waals surface area contributed by atoms with E-state index in [0.717, 1.165) is 18.6 Å². The van der Waals surface area contributed by atoms with Crippen LogP contribution in [0.3, 0.4) is 0 Å². The van der Waals surface area contributed by atoms with E-state index in [4.69, 9.17) is 20.9 Å². The predicted molar refractivity (Wildman–Crippen MR) is 169 cm³/mol. The van der Waals surface area contributed by atoms with E-state index in [1.165, 1.54) is 11.1 Å². The Balaban J connectivity index is 0.0000160. The smallest absolute Gasteiger partial charge is 0.224 e. The molecule has 0 aliphatic heterocycles. The van der Waals surface area contributed by atoms with E-state index in [-0.39, 0.29) is 43.1 Å². The normalized spacial score (nSPS) is 14.9. The molecule has 6 N–H and O–H groups in total. The fraction of sp³-hybridized carbons (Fsp3) is 0.750. The minimum absolute atomic E-state index is 0. The zero-order chi connectivity index (χ0) is 30.6. The number of amides is 2. The van der Waals surface area contributed by atoms with Crippen LogP contribution in [0.25, 0.3) is 0 Å². The van der Waals surface area contributed by atoms with Gasteiger partial charge in [0.15, 0.2) is 0 Å². The third-order valence-electron chi connectivity index (χ3n) is 7.97. The van der Waals surface area contributed by atoms with Crippen LogP contribution >= 0.6 is 12.4 Å². The molecule has 1 aromatic carbocycles. The molecule has 4 atom stereocenters. The molecule has 0 aliphatic rings. The van der Waals surface area contributed by atoms with Crippen LogP contribution < -0.4 is 21.5 Å². The number of hydrogen-bond acceptors (Lipinski definition) is 6. The first-order valence-electron chi connectivity index (χ1n) is 14.9. The van der Waals surface area contributed by atoms with Crippen molar-refractivity contribution in [3.8, 4) is 5.75 Å². The Bertz CT molecular complexity index is 923. The topological polar surface area (TPSA) is 137 Å². The second-order valence-electron chi connectivity index (χ2n) is 12.9. The van der Waals surface area contributed by atoms with Crippen molar-refractivity contribution in [1.82, 2.24) is 5.32 Å². The van der Waals surface area contributed by atoms with Gasteiger partial charge in [-0.15, -0.1) is 12.4 Å². The van der Waals surface area contributed by atoms with Crippen molar-refractivity contribution in [2.24, 2.45) is 40.6 Å². The molecule has 0 fully saturated rings. The molecular formula is C32H58ClN3O5. The Hall–Kier alpha value is -1.87. The average Bonchev–Trinajstić information content (AvgIpc) is 2.87. The number of aliphatic hydroxyl groups excluding tert-OH is 1. The van der Waals surface area contributed by atoms with E-state index in [2.05, 4.69) is 51.2 Å². The summed E-state index contributed by atoms with van der Waals surface area (Å²) in [5.41, 5.74) is 13.5. The molecule has 0 aromatic heterocycles. The molecule has 0 saturated carbocycles. The summed E-state index contributed by atoms with van der Waals surface area (Å²) in [5.74, 6) is 0.779. The lowest BCUT2D eigenvalue weighted by Gasteiger charge is -2.30. The highest BCUT2D eigenvalue weighted by atomic mass is 35.5. The van der Waals surface area contributed by atoms with Crippen molar-refractivity contribution in [3.63, 3.8) is 0 Å². The molecule has 0 bridgehead atoms. The van der Waals surface area contributed by atoms with Gasteiger partial charge in [0.05, 0.1) is 18.1 Å². The number of ether oxygens (including phenoxy) is 2. The zero-order valence-corrected chi connectivity index (χ0v) is 27.7. The molecular weight excluding hydrogens is 542 g/mol. The number of methoxy groups -OCH3 is 1. The second kappa shape index (κ2) is 18.6. The minimum Gasteiger partial charge on any atom is -0.493 e. The fourth-order valence-corrected chi connectivity index (χ4v) is 4.74. The summed E-state index contributed by atoms with van der Waals surface area (Å²) in [6, 6.07) is 6.00. The van der Waals surface area contributed by atoms with Crippen molar-refractivity contribution in [1.29, 1.82) is 0 Å². The number of halogens is 1. The van der Waals surface area contributed by atoms with Gasteiger partial charge in [-0.25, -0.2) is 0 Å². The molecule has 0 aliphatic carbocycles. The van der Waals surface area contributed by atoms with Crippen LogP contribution in [0.4, 0.5) is 0 Å². The molecule has 238 valence electrons. The molecule has 2 amide bonds. The van der Waals surface area contributed by atoms with Crippen molar-refractivity contribution in [3.05, 3.63) is 29.3 Å². The van der Waals surface area contributed by atoms with Crippen LogP contribution in [0.1, 0.15) is 91.7 Å². The van der Waals surface area contributed by atoms with E-state index in [1.54, 1.807) is 21.0 Å². The number of benzene rings is 1. The summed E-state index contributed by atoms with van der Waals surface area (Å²) in [7, 11) is 1.69. The van der Waals surface area contributed by atoms with E-state index in [0.29, 0.717) is 31.5 Å². The van der Waals surface area contributed by atoms with Gasteiger partial charge in [0.25, 0.3) is 0 Å². The highest BCUT2D eigenvalue weighted by Gasteiger charge is 2.32. The highest BCUT2D eigenvalue weighted by molar-refractivity contribution is 5.85. The van der Waals surface area contributed by atoms with E-state index < -0.39 is 29.4 Å². The van der Waals surface area contributed by atoms with Crippen molar-refractivity contribution < 1.29 is 24.2 Å². The summed E-state index contributed by atoms with van der Waals surface area (Å²) in [5, 5.41) is 13.9. The van der Waals surface area contributed by atoms with Gasteiger partial charge in [-0.1, -0.05) is 53.7 Å². The van der Waals surface area contributed by atoms with Gasteiger partial charge in [0, 0.05) is 38.6 Å². The predicted octanol–water partition coefficient (Wildman–Crippen LogP) is 4.83. The summed E-state index contributed by atoms with van der Waals surface area (Å²) in [6.45, 7) is 17.4. The third kappa shape index (κ3) is 13.3. The lowest BCUT2D eigenvalue weighted by Crippen LogP contribution is -2.46. The monoisotopic (exact) mass is 599 g/mol. The summed E-state index contributed by atoms with van der Waals surface area (Å²) < 4.78 is 11.3. The fourth-order valence-electron chi connectivity index (χ4n) is 4.74. The van der Waals surface area contributed by atoms with E-state index >= 15 is 0 Å².